The van der Waals surface area contributed by atoms with Gasteiger partial charge >= 0.3 is 0 Å². The summed E-state index contributed by atoms with van der Waals surface area (Å²) in [5.74, 6) is 3.21. The summed E-state index contributed by atoms with van der Waals surface area (Å²) in [5, 5.41) is 15.0. The molecule has 0 aromatic carbocycles. The van der Waals surface area contributed by atoms with Gasteiger partial charge in [-0.15, -0.1) is 0 Å². The molecule has 0 bridgehead atoms. The highest BCUT2D eigenvalue weighted by Gasteiger charge is 2.59. The molecule has 0 aromatic heterocycles. The predicted molar refractivity (Wildman–Crippen MR) is 105 cm³/mol. The molecular weight excluding hydrogens is 324 g/mol. The van der Waals surface area contributed by atoms with E-state index in [2.05, 4.69) is 19.0 Å². The maximum Gasteiger partial charge on any atom is 0.118 e. The zero-order valence-electron chi connectivity index (χ0n) is 16.8. The third-order valence-corrected chi connectivity index (χ3v) is 9.08. The normalized spacial score (nSPS) is 49.4. The van der Waals surface area contributed by atoms with Gasteiger partial charge in [-0.3, -0.25) is 0 Å². The SMILES string of the molecule is CC12CCC3C(CCC4CC(=NOCCCN)CCC43C)C1CCC2O. The van der Waals surface area contributed by atoms with Gasteiger partial charge in [-0.1, -0.05) is 19.0 Å². The number of oxime groups is 1. The quantitative estimate of drug-likeness (QED) is 0.584. The van der Waals surface area contributed by atoms with E-state index >= 15 is 0 Å². The van der Waals surface area contributed by atoms with Crippen LogP contribution in [-0.2, 0) is 4.84 Å². The van der Waals surface area contributed by atoms with Gasteiger partial charge in [-0.2, -0.15) is 0 Å². The molecule has 0 radical (unpaired) electrons. The summed E-state index contributed by atoms with van der Waals surface area (Å²) in [6.07, 6.45) is 11.8. The second kappa shape index (κ2) is 7.09. The average Bonchev–Trinajstić information content (AvgIpc) is 2.94. The summed E-state index contributed by atoms with van der Waals surface area (Å²) >= 11 is 0. The number of hydrogen-bond acceptors (Lipinski definition) is 4. The fourth-order valence-corrected chi connectivity index (χ4v) is 7.40. The first-order valence-electron chi connectivity index (χ1n) is 11.0. The third kappa shape index (κ3) is 2.92. The van der Waals surface area contributed by atoms with Crippen LogP contribution in [0.3, 0.4) is 0 Å². The molecule has 7 unspecified atom stereocenters. The van der Waals surface area contributed by atoms with Crippen molar-refractivity contribution in [3.05, 3.63) is 0 Å². The van der Waals surface area contributed by atoms with Crippen molar-refractivity contribution in [1.82, 2.24) is 0 Å². The van der Waals surface area contributed by atoms with Gasteiger partial charge in [0.05, 0.1) is 11.8 Å². The van der Waals surface area contributed by atoms with Gasteiger partial charge < -0.3 is 15.7 Å². The minimum Gasteiger partial charge on any atom is -0.396 e. The topological polar surface area (TPSA) is 67.8 Å². The highest BCUT2D eigenvalue weighted by molar-refractivity contribution is 5.85. The Bertz CT molecular complexity index is 550. The molecule has 4 aliphatic rings. The second-order valence-corrected chi connectivity index (χ2v) is 10.1. The van der Waals surface area contributed by atoms with Gasteiger partial charge in [-0.05, 0) is 105 Å². The summed E-state index contributed by atoms with van der Waals surface area (Å²) < 4.78 is 0. The van der Waals surface area contributed by atoms with Crippen molar-refractivity contribution < 1.29 is 9.94 Å². The van der Waals surface area contributed by atoms with Gasteiger partial charge in [0.2, 0.25) is 0 Å². The van der Waals surface area contributed by atoms with Crippen LogP contribution in [0.4, 0.5) is 0 Å². The second-order valence-electron chi connectivity index (χ2n) is 10.1. The molecule has 3 N–H and O–H groups in total. The molecule has 148 valence electrons. The zero-order chi connectivity index (χ0) is 18.4. The number of nitrogens with two attached hydrogens (primary N) is 1. The number of hydrogen-bond donors (Lipinski definition) is 2. The summed E-state index contributed by atoms with van der Waals surface area (Å²) in [4.78, 5) is 5.49. The van der Waals surface area contributed by atoms with Crippen LogP contribution in [0.25, 0.3) is 0 Å². The number of aliphatic hydroxyl groups excluding tert-OH is 1. The minimum atomic E-state index is -0.0604. The fourth-order valence-electron chi connectivity index (χ4n) is 7.40. The Labute approximate surface area is 158 Å². The smallest absolute Gasteiger partial charge is 0.118 e. The number of rotatable bonds is 4. The molecule has 0 aromatic rings. The van der Waals surface area contributed by atoms with Crippen molar-refractivity contribution in [1.29, 1.82) is 0 Å². The van der Waals surface area contributed by atoms with Crippen molar-refractivity contribution in [2.75, 3.05) is 13.2 Å². The van der Waals surface area contributed by atoms with E-state index in [0.717, 1.165) is 49.4 Å². The average molecular weight is 363 g/mol. The molecule has 0 heterocycles. The Kier molecular flexibility index (Phi) is 5.11. The van der Waals surface area contributed by atoms with Gasteiger partial charge in [0.25, 0.3) is 0 Å². The monoisotopic (exact) mass is 362 g/mol. The van der Waals surface area contributed by atoms with E-state index in [4.69, 9.17) is 10.6 Å². The van der Waals surface area contributed by atoms with Crippen LogP contribution in [0.5, 0.6) is 0 Å². The lowest BCUT2D eigenvalue weighted by Gasteiger charge is -2.60. The Morgan fingerprint density at radius 2 is 1.88 bits per heavy atom. The maximum atomic E-state index is 10.6. The summed E-state index contributed by atoms with van der Waals surface area (Å²) in [7, 11) is 0. The van der Waals surface area contributed by atoms with Crippen LogP contribution in [0.15, 0.2) is 5.16 Å². The van der Waals surface area contributed by atoms with Gasteiger partial charge in [0.1, 0.15) is 6.61 Å². The first kappa shape index (κ1) is 18.7. The lowest BCUT2D eigenvalue weighted by Crippen LogP contribution is -2.54. The van der Waals surface area contributed by atoms with Crippen molar-refractivity contribution in [2.45, 2.75) is 84.2 Å². The van der Waals surface area contributed by atoms with Crippen LogP contribution < -0.4 is 5.73 Å². The fraction of sp³-hybridized carbons (Fsp3) is 0.955. The van der Waals surface area contributed by atoms with Crippen LogP contribution >= 0.6 is 0 Å². The van der Waals surface area contributed by atoms with E-state index in [1.54, 1.807) is 0 Å². The maximum absolute atomic E-state index is 10.6. The molecular formula is C22H38N2O2. The molecule has 0 saturated heterocycles. The van der Waals surface area contributed by atoms with Gasteiger partial charge in [0, 0.05) is 0 Å². The van der Waals surface area contributed by atoms with Crippen molar-refractivity contribution >= 4 is 5.71 Å². The highest BCUT2D eigenvalue weighted by Crippen LogP contribution is 2.65. The molecule has 7 atom stereocenters. The summed E-state index contributed by atoms with van der Waals surface area (Å²) in [6.45, 7) is 6.28. The molecule has 26 heavy (non-hydrogen) atoms. The largest absolute Gasteiger partial charge is 0.396 e. The van der Waals surface area contributed by atoms with E-state index in [9.17, 15) is 5.11 Å². The Morgan fingerprint density at radius 1 is 1.08 bits per heavy atom. The van der Waals surface area contributed by atoms with Crippen LogP contribution in [0.1, 0.15) is 78.1 Å². The zero-order valence-corrected chi connectivity index (χ0v) is 16.8. The summed E-state index contributed by atoms with van der Waals surface area (Å²) in [6, 6.07) is 0. The van der Waals surface area contributed by atoms with Crippen molar-refractivity contribution in [2.24, 2.45) is 45.4 Å². The summed E-state index contributed by atoms with van der Waals surface area (Å²) in [5.41, 5.74) is 7.47. The first-order valence-corrected chi connectivity index (χ1v) is 11.0. The number of fused-ring (bicyclic) bond motifs is 5. The standard InChI is InChI=1S/C22H38N2O2/c1-21-10-8-16(24-26-13-3-12-23)14-15(21)4-5-17-18-6-7-20(25)22(18,2)11-9-19(17)21/h15,17-20,25H,3-14,23H2,1-2H3. The molecule has 4 rings (SSSR count). The van der Waals surface area contributed by atoms with Gasteiger partial charge in [0.15, 0.2) is 0 Å². The highest BCUT2D eigenvalue weighted by atomic mass is 16.6. The Balaban J connectivity index is 1.46. The van der Waals surface area contributed by atoms with Gasteiger partial charge in [-0.25, -0.2) is 0 Å². The van der Waals surface area contributed by atoms with E-state index in [1.165, 1.54) is 44.2 Å². The predicted octanol–water partition coefficient (Wildman–Crippen LogP) is 4.11. The number of nitrogens with zero attached hydrogens (tertiary/aromatic N) is 1. The molecule has 0 aliphatic heterocycles. The molecule has 4 nitrogen and oxygen atoms in total. The molecule has 0 spiro atoms. The Hall–Kier alpha value is -0.610. The van der Waals surface area contributed by atoms with E-state index in [1.807, 2.05) is 0 Å². The molecule has 4 saturated carbocycles. The van der Waals surface area contributed by atoms with E-state index < -0.39 is 0 Å². The van der Waals surface area contributed by atoms with Crippen LogP contribution in [0.2, 0.25) is 0 Å². The van der Waals surface area contributed by atoms with Crippen molar-refractivity contribution in [3.63, 3.8) is 0 Å². The molecule has 4 aliphatic carbocycles. The lowest BCUT2D eigenvalue weighted by molar-refractivity contribution is -0.112. The van der Waals surface area contributed by atoms with E-state index in [0.29, 0.717) is 18.6 Å². The molecule has 4 heteroatoms. The lowest BCUT2D eigenvalue weighted by atomic mass is 9.45. The van der Waals surface area contributed by atoms with Crippen molar-refractivity contribution in [3.8, 4) is 0 Å². The van der Waals surface area contributed by atoms with Crippen LogP contribution in [0, 0.1) is 34.5 Å². The molecule has 0 amide bonds. The molecule has 4 fully saturated rings. The van der Waals surface area contributed by atoms with E-state index in [-0.39, 0.29) is 11.5 Å². The first-order chi connectivity index (χ1) is 12.5. The minimum absolute atomic E-state index is 0.0604. The van der Waals surface area contributed by atoms with Crippen LogP contribution in [-0.4, -0.2) is 30.1 Å². The Morgan fingerprint density at radius 3 is 2.69 bits per heavy atom. The number of aliphatic hydroxyl groups is 1. The third-order valence-electron chi connectivity index (χ3n) is 9.08.